The van der Waals surface area contributed by atoms with Gasteiger partial charge in [0.25, 0.3) is 0 Å². The fraction of sp³-hybridized carbons (Fsp3) is 0.375. The summed E-state index contributed by atoms with van der Waals surface area (Å²) in [6.45, 7) is 8.75. The van der Waals surface area contributed by atoms with E-state index in [1.54, 1.807) is 13.0 Å². The molecule has 0 bridgehead atoms. The first-order valence-corrected chi connectivity index (χ1v) is 3.19. The van der Waals surface area contributed by atoms with Crippen LogP contribution < -0.4 is 0 Å². The van der Waals surface area contributed by atoms with Crippen molar-refractivity contribution in [3.8, 4) is 0 Å². The van der Waals surface area contributed by atoms with E-state index in [1.165, 1.54) is 0 Å². The minimum Gasteiger partial charge on any atom is -0.435 e. The van der Waals surface area contributed by atoms with Gasteiger partial charge in [0.05, 0.1) is 6.61 Å². The topological polar surface area (TPSA) is 35.5 Å². The summed E-state index contributed by atoms with van der Waals surface area (Å²) in [7, 11) is 0. The van der Waals surface area contributed by atoms with Crippen LogP contribution in [0.2, 0.25) is 0 Å². The first kappa shape index (κ1) is 9.91. The van der Waals surface area contributed by atoms with Crippen LogP contribution in [0.5, 0.6) is 0 Å². The van der Waals surface area contributed by atoms with Crippen LogP contribution in [0.4, 0.5) is 0 Å². The smallest absolute Gasteiger partial charge is 0.335 e. The highest BCUT2D eigenvalue weighted by atomic mass is 16.7. The third-order valence-corrected chi connectivity index (χ3v) is 0.858. The molecular formula is C8H12O3. The predicted octanol–water partition coefficient (Wildman–Crippen LogP) is 1.27. The van der Waals surface area contributed by atoms with Gasteiger partial charge in [-0.3, -0.25) is 0 Å². The quantitative estimate of drug-likeness (QED) is 0.198. The van der Waals surface area contributed by atoms with E-state index >= 15 is 0 Å². The zero-order valence-corrected chi connectivity index (χ0v) is 6.63. The van der Waals surface area contributed by atoms with Crippen molar-refractivity contribution in [2.45, 2.75) is 6.92 Å². The largest absolute Gasteiger partial charge is 0.435 e. The van der Waals surface area contributed by atoms with Crippen molar-refractivity contribution in [3.05, 3.63) is 24.8 Å². The summed E-state index contributed by atoms with van der Waals surface area (Å²) < 4.78 is 9.40. The number of carbonyl (C=O) groups is 1. The lowest BCUT2D eigenvalue weighted by Crippen LogP contribution is -2.08. The molecule has 0 aromatic rings. The molecule has 0 aromatic carbocycles. The number of hydrogen-bond donors (Lipinski definition) is 0. The fourth-order valence-corrected chi connectivity index (χ4v) is 0.350. The van der Waals surface area contributed by atoms with Crippen molar-refractivity contribution in [2.75, 3.05) is 13.4 Å². The lowest BCUT2D eigenvalue weighted by molar-refractivity contribution is -0.150. The average Bonchev–Trinajstić information content (AvgIpc) is 1.97. The molecule has 3 heteroatoms. The number of rotatable bonds is 5. The molecule has 0 heterocycles. The first-order chi connectivity index (χ1) is 5.18. The van der Waals surface area contributed by atoms with Gasteiger partial charge in [-0.05, 0) is 6.92 Å². The van der Waals surface area contributed by atoms with Crippen LogP contribution in [-0.2, 0) is 14.3 Å². The van der Waals surface area contributed by atoms with E-state index in [0.717, 1.165) is 0 Å². The molecule has 0 aliphatic rings. The molecule has 0 amide bonds. The average molecular weight is 156 g/mol. The SMILES string of the molecule is C=CCOCOC(=O)C(=C)C. The predicted molar refractivity (Wildman–Crippen MR) is 41.9 cm³/mol. The molecule has 3 nitrogen and oxygen atoms in total. The molecule has 0 aromatic heterocycles. The van der Waals surface area contributed by atoms with E-state index in [2.05, 4.69) is 17.9 Å². The summed E-state index contributed by atoms with van der Waals surface area (Å²) in [4.78, 5) is 10.7. The van der Waals surface area contributed by atoms with E-state index in [0.29, 0.717) is 12.2 Å². The molecular weight excluding hydrogens is 144 g/mol. The molecule has 0 saturated heterocycles. The van der Waals surface area contributed by atoms with Crippen LogP contribution in [-0.4, -0.2) is 19.4 Å². The Hall–Kier alpha value is -1.09. The third kappa shape index (κ3) is 5.36. The minimum absolute atomic E-state index is 0.0439. The maximum atomic E-state index is 10.7. The van der Waals surface area contributed by atoms with Crippen LogP contribution >= 0.6 is 0 Å². The van der Waals surface area contributed by atoms with Gasteiger partial charge in [0.15, 0.2) is 6.79 Å². The number of hydrogen-bond acceptors (Lipinski definition) is 3. The lowest BCUT2D eigenvalue weighted by atomic mass is 10.4. The van der Waals surface area contributed by atoms with E-state index in [4.69, 9.17) is 4.74 Å². The molecule has 0 spiro atoms. The van der Waals surface area contributed by atoms with Crippen LogP contribution in [0.25, 0.3) is 0 Å². The van der Waals surface area contributed by atoms with E-state index in [-0.39, 0.29) is 6.79 Å². The second-order valence-corrected chi connectivity index (χ2v) is 1.99. The second-order valence-electron chi connectivity index (χ2n) is 1.99. The normalized spacial score (nSPS) is 8.82. The zero-order chi connectivity index (χ0) is 8.69. The Morgan fingerprint density at radius 3 is 2.73 bits per heavy atom. The third-order valence-electron chi connectivity index (χ3n) is 0.858. The highest BCUT2D eigenvalue weighted by molar-refractivity contribution is 5.86. The van der Waals surface area contributed by atoms with Gasteiger partial charge < -0.3 is 9.47 Å². The highest BCUT2D eigenvalue weighted by Gasteiger charge is 2.00. The van der Waals surface area contributed by atoms with Gasteiger partial charge in [-0.15, -0.1) is 6.58 Å². The fourth-order valence-electron chi connectivity index (χ4n) is 0.350. The van der Waals surface area contributed by atoms with Crippen LogP contribution in [0, 0.1) is 0 Å². The van der Waals surface area contributed by atoms with Crippen LogP contribution in [0.15, 0.2) is 24.8 Å². The number of carbonyl (C=O) groups excluding carboxylic acids is 1. The van der Waals surface area contributed by atoms with Gasteiger partial charge in [-0.2, -0.15) is 0 Å². The monoisotopic (exact) mass is 156 g/mol. The van der Waals surface area contributed by atoms with Gasteiger partial charge in [-0.25, -0.2) is 4.79 Å². The molecule has 0 atom stereocenters. The van der Waals surface area contributed by atoms with Crippen LogP contribution in [0.1, 0.15) is 6.92 Å². The molecule has 0 saturated carbocycles. The molecule has 0 aliphatic heterocycles. The highest BCUT2D eigenvalue weighted by Crippen LogP contribution is 1.91. The first-order valence-electron chi connectivity index (χ1n) is 3.19. The number of ether oxygens (including phenoxy) is 2. The summed E-state index contributed by atoms with van der Waals surface area (Å²) in [5.41, 5.74) is 0.368. The number of esters is 1. The molecule has 0 rings (SSSR count). The lowest BCUT2D eigenvalue weighted by Gasteiger charge is -2.02. The Morgan fingerprint density at radius 2 is 2.27 bits per heavy atom. The standard InChI is InChI=1S/C8H12O3/c1-4-5-10-6-11-8(9)7(2)3/h4H,1-2,5-6H2,3H3. The van der Waals surface area contributed by atoms with E-state index < -0.39 is 5.97 Å². The van der Waals surface area contributed by atoms with Crippen molar-refractivity contribution in [1.82, 2.24) is 0 Å². The van der Waals surface area contributed by atoms with Crippen LogP contribution in [0.3, 0.4) is 0 Å². The van der Waals surface area contributed by atoms with Crippen molar-refractivity contribution >= 4 is 5.97 Å². The molecule has 0 unspecified atom stereocenters. The zero-order valence-electron chi connectivity index (χ0n) is 6.63. The summed E-state index contributed by atoms with van der Waals surface area (Å²) in [6.07, 6.45) is 1.58. The van der Waals surface area contributed by atoms with E-state index in [9.17, 15) is 4.79 Å². The molecule has 62 valence electrons. The van der Waals surface area contributed by atoms with E-state index in [1.807, 2.05) is 0 Å². The van der Waals surface area contributed by atoms with Gasteiger partial charge in [0, 0.05) is 5.57 Å². The van der Waals surface area contributed by atoms with Crippen molar-refractivity contribution in [3.63, 3.8) is 0 Å². The molecule has 0 radical (unpaired) electrons. The van der Waals surface area contributed by atoms with Crippen molar-refractivity contribution in [1.29, 1.82) is 0 Å². The summed E-state index contributed by atoms with van der Waals surface area (Å²) in [5, 5.41) is 0. The van der Waals surface area contributed by atoms with Gasteiger partial charge in [0.1, 0.15) is 0 Å². The molecule has 11 heavy (non-hydrogen) atoms. The maximum absolute atomic E-state index is 10.7. The molecule has 0 fully saturated rings. The summed E-state index contributed by atoms with van der Waals surface area (Å²) in [6, 6.07) is 0. The Morgan fingerprint density at radius 1 is 1.64 bits per heavy atom. The Kier molecular flexibility index (Phi) is 5.11. The summed E-state index contributed by atoms with van der Waals surface area (Å²) >= 11 is 0. The Balaban J connectivity index is 3.31. The van der Waals surface area contributed by atoms with Gasteiger partial charge in [-0.1, -0.05) is 12.7 Å². The van der Waals surface area contributed by atoms with Crippen molar-refractivity contribution in [2.24, 2.45) is 0 Å². The second kappa shape index (κ2) is 5.68. The Labute approximate surface area is 66.3 Å². The van der Waals surface area contributed by atoms with Gasteiger partial charge >= 0.3 is 5.97 Å². The van der Waals surface area contributed by atoms with Crippen molar-refractivity contribution < 1.29 is 14.3 Å². The minimum atomic E-state index is -0.436. The Bertz CT molecular complexity index is 161. The van der Waals surface area contributed by atoms with Gasteiger partial charge in [0.2, 0.25) is 0 Å². The summed E-state index contributed by atoms with van der Waals surface area (Å²) in [5.74, 6) is -0.436. The molecule has 0 aliphatic carbocycles. The maximum Gasteiger partial charge on any atom is 0.335 e. The molecule has 0 N–H and O–H groups in total.